The van der Waals surface area contributed by atoms with Crippen molar-refractivity contribution in [2.45, 2.75) is 25.8 Å². The van der Waals surface area contributed by atoms with Crippen molar-refractivity contribution in [1.29, 1.82) is 0 Å². The van der Waals surface area contributed by atoms with Crippen LogP contribution in [0.5, 0.6) is 0 Å². The summed E-state index contributed by atoms with van der Waals surface area (Å²) in [5.41, 5.74) is 0. The number of carbonyl (C=O) groups excluding carboxylic acids is 1. The molecule has 0 bridgehead atoms. The van der Waals surface area contributed by atoms with Crippen LogP contribution in [0.2, 0.25) is 0 Å². The van der Waals surface area contributed by atoms with Crippen LogP contribution >= 0.6 is 0 Å². The number of sulfonamides is 1. The second-order valence-corrected chi connectivity index (χ2v) is 7.10. The lowest BCUT2D eigenvalue weighted by Gasteiger charge is -2.32. The first-order chi connectivity index (χ1) is 8.49. The molecule has 2 aliphatic rings. The topological polar surface area (TPSA) is 69.7 Å². The molecule has 7 heteroatoms. The van der Waals surface area contributed by atoms with E-state index in [-0.39, 0.29) is 11.7 Å². The molecular weight excluding hydrogens is 254 g/mol. The Morgan fingerprint density at radius 1 is 1.39 bits per heavy atom. The number of rotatable bonds is 3. The molecule has 0 aliphatic carbocycles. The van der Waals surface area contributed by atoms with Gasteiger partial charge in [-0.15, -0.1) is 0 Å². The van der Waals surface area contributed by atoms with Gasteiger partial charge in [0.25, 0.3) is 0 Å². The molecule has 1 amide bonds. The molecule has 2 heterocycles. The molecule has 2 saturated heterocycles. The number of hydrogen-bond acceptors (Lipinski definition) is 4. The third-order valence-electron chi connectivity index (χ3n) is 3.50. The second-order valence-electron chi connectivity index (χ2n) is 5.01. The van der Waals surface area contributed by atoms with E-state index in [0.717, 1.165) is 13.1 Å². The highest BCUT2D eigenvalue weighted by atomic mass is 32.2. The lowest BCUT2D eigenvalue weighted by atomic mass is 10.2. The largest absolute Gasteiger partial charge is 0.340 e. The van der Waals surface area contributed by atoms with Crippen molar-refractivity contribution >= 4 is 15.9 Å². The summed E-state index contributed by atoms with van der Waals surface area (Å²) in [6, 6.07) is 0.318. The fourth-order valence-corrected chi connectivity index (χ4v) is 4.01. The summed E-state index contributed by atoms with van der Waals surface area (Å²) >= 11 is 0. The lowest BCUT2D eigenvalue weighted by molar-refractivity contribution is -0.132. The maximum Gasteiger partial charge on any atom is 0.223 e. The quantitative estimate of drug-likeness (QED) is 0.734. The van der Waals surface area contributed by atoms with Gasteiger partial charge in [-0.25, -0.2) is 12.7 Å². The Bertz CT molecular complexity index is 410. The molecule has 1 N–H and O–H groups in total. The Labute approximate surface area is 108 Å². The van der Waals surface area contributed by atoms with Crippen molar-refractivity contribution in [2.75, 3.05) is 38.5 Å². The number of hydrogen-bond donors (Lipinski definition) is 1. The molecule has 1 atom stereocenters. The van der Waals surface area contributed by atoms with Crippen LogP contribution in [-0.2, 0) is 14.8 Å². The monoisotopic (exact) mass is 275 g/mol. The number of carbonyl (C=O) groups is 1. The van der Waals surface area contributed by atoms with E-state index in [1.54, 1.807) is 0 Å². The zero-order valence-electron chi connectivity index (χ0n) is 10.8. The Kier molecular flexibility index (Phi) is 4.24. The van der Waals surface area contributed by atoms with Crippen molar-refractivity contribution in [2.24, 2.45) is 0 Å². The van der Waals surface area contributed by atoms with Gasteiger partial charge in [-0.2, -0.15) is 0 Å². The molecular formula is C11H21N3O3S. The number of amides is 1. The molecule has 0 aromatic heterocycles. The minimum Gasteiger partial charge on any atom is -0.340 e. The molecule has 2 aliphatic heterocycles. The molecule has 0 saturated carbocycles. The van der Waals surface area contributed by atoms with E-state index >= 15 is 0 Å². The standard InChI is InChI=1S/C11H21N3O3S/c1-10-9-13(7-4-12-10)11(15)3-6-14-5-2-8-18(14,16)17/h10,12H,2-9H2,1H3. The molecule has 104 valence electrons. The van der Waals surface area contributed by atoms with Gasteiger partial charge in [0.2, 0.25) is 15.9 Å². The van der Waals surface area contributed by atoms with E-state index in [4.69, 9.17) is 0 Å². The summed E-state index contributed by atoms with van der Waals surface area (Å²) in [6.45, 7) is 5.19. The normalized spacial score (nSPS) is 28.5. The second kappa shape index (κ2) is 5.54. The first-order valence-electron chi connectivity index (χ1n) is 6.48. The SMILES string of the molecule is CC1CN(C(=O)CCN2CCCS2(=O)=O)CCN1. The highest BCUT2D eigenvalue weighted by Crippen LogP contribution is 2.14. The Morgan fingerprint density at radius 3 is 2.78 bits per heavy atom. The zero-order chi connectivity index (χ0) is 13.2. The third-order valence-corrected chi connectivity index (χ3v) is 5.46. The molecule has 2 fully saturated rings. The molecule has 0 aromatic rings. The van der Waals surface area contributed by atoms with E-state index in [9.17, 15) is 13.2 Å². The molecule has 0 spiro atoms. The van der Waals surface area contributed by atoms with Gasteiger partial charge in [0, 0.05) is 45.2 Å². The lowest BCUT2D eigenvalue weighted by Crippen LogP contribution is -2.51. The van der Waals surface area contributed by atoms with E-state index in [1.807, 2.05) is 11.8 Å². The molecule has 1 unspecified atom stereocenters. The van der Waals surface area contributed by atoms with Gasteiger partial charge >= 0.3 is 0 Å². The van der Waals surface area contributed by atoms with Crippen LogP contribution in [0.3, 0.4) is 0 Å². The van der Waals surface area contributed by atoms with Crippen LogP contribution in [0.15, 0.2) is 0 Å². The van der Waals surface area contributed by atoms with E-state index in [0.29, 0.717) is 38.5 Å². The zero-order valence-corrected chi connectivity index (χ0v) is 11.6. The van der Waals surface area contributed by atoms with Crippen molar-refractivity contribution in [1.82, 2.24) is 14.5 Å². The Balaban J connectivity index is 1.81. The Morgan fingerprint density at radius 2 is 2.17 bits per heavy atom. The van der Waals surface area contributed by atoms with Crippen LogP contribution in [0.25, 0.3) is 0 Å². The summed E-state index contributed by atoms with van der Waals surface area (Å²) in [7, 11) is -3.07. The van der Waals surface area contributed by atoms with Gasteiger partial charge in [0.15, 0.2) is 0 Å². The highest BCUT2D eigenvalue weighted by Gasteiger charge is 2.29. The summed E-state index contributed by atoms with van der Waals surface area (Å²) in [6.07, 6.45) is 0.979. The summed E-state index contributed by atoms with van der Waals surface area (Å²) in [5, 5.41) is 3.28. The minimum atomic E-state index is -3.07. The molecule has 0 radical (unpaired) electrons. The van der Waals surface area contributed by atoms with Crippen LogP contribution < -0.4 is 5.32 Å². The van der Waals surface area contributed by atoms with E-state index in [2.05, 4.69) is 5.32 Å². The first-order valence-corrected chi connectivity index (χ1v) is 8.09. The molecule has 0 aromatic carbocycles. The maximum absolute atomic E-state index is 12.0. The predicted molar refractivity (Wildman–Crippen MR) is 68.6 cm³/mol. The van der Waals surface area contributed by atoms with Gasteiger partial charge in [-0.3, -0.25) is 4.79 Å². The fourth-order valence-electron chi connectivity index (χ4n) is 2.48. The average molecular weight is 275 g/mol. The van der Waals surface area contributed by atoms with Gasteiger partial charge in [0.1, 0.15) is 0 Å². The van der Waals surface area contributed by atoms with Crippen molar-refractivity contribution < 1.29 is 13.2 Å². The highest BCUT2D eigenvalue weighted by molar-refractivity contribution is 7.89. The van der Waals surface area contributed by atoms with Gasteiger partial charge in [-0.05, 0) is 13.3 Å². The smallest absolute Gasteiger partial charge is 0.223 e. The number of piperazine rings is 1. The Hall–Kier alpha value is -0.660. The molecule has 2 rings (SSSR count). The van der Waals surface area contributed by atoms with Crippen LogP contribution in [-0.4, -0.2) is 68.0 Å². The third kappa shape index (κ3) is 3.21. The van der Waals surface area contributed by atoms with Crippen LogP contribution in [0.1, 0.15) is 19.8 Å². The fraction of sp³-hybridized carbons (Fsp3) is 0.909. The average Bonchev–Trinajstić information content (AvgIpc) is 2.65. The van der Waals surface area contributed by atoms with Gasteiger partial charge in [-0.1, -0.05) is 0 Å². The summed E-state index contributed by atoms with van der Waals surface area (Å²) < 4.78 is 24.6. The van der Waals surface area contributed by atoms with Crippen molar-refractivity contribution in [3.8, 4) is 0 Å². The summed E-state index contributed by atoms with van der Waals surface area (Å²) in [5.74, 6) is 0.289. The van der Waals surface area contributed by atoms with Gasteiger partial charge < -0.3 is 10.2 Å². The predicted octanol–water partition coefficient (Wildman–Crippen LogP) is -0.768. The van der Waals surface area contributed by atoms with E-state index in [1.165, 1.54) is 4.31 Å². The van der Waals surface area contributed by atoms with Gasteiger partial charge in [0.05, 0.1) is 5.75 Å². The number of nitrogens with zero attached hydrogens (tertiary/aromatic N) is 2. The van der Waals surface area contributed by atoms with E-state index < -0.39 is 10.0 Å². The minimum absolute atomic E-state index is 0.0606. The van der Waals surface area contributed by atoms with Crippen LogP contribution in [0, 0.1) is 0 Å². The van der Waals surface area contributed by atoms with Crippen LogP contribution in [0.4, 0.5) is 0 Å². The van der Waals surface area contributed by atoms with Crippen molar-refractivity contribution in [3.05, 3.63) is 0 Å². The molecule has 6 nitrogen and oxygen atoms in total. The number of nitrogens with one attached hydrogen (secondary N) is 1. The maximum atomic E-state index is 12.0. The molecule has 18 heavy (non-hydrogen) atoms. The first kappa shape index (κ1) is 13.8. The summed E-state index contributed by atoms with van der Waals surface area (Å²) in [4.78, 5) is 13.8. The van der Waals surface area contributed by atoms with Crippen molar-refractivity contribution in [3.63, 3.8) is 0 Å².